The molecule has 0 unspecified atom stereocenters. The van der Waals surface area contributed by atoms with E-state index < -0.39 is 0 Å². The first-order valence-electron chi connectivity index (χ1n) is 9.57. The first-order chi connectivity index (χ1) is 12.7. The Morgan fingerprint density at radius 1 is 1.31 bits per heavy atom. The third-order valence-electron chi connectivity index (χ3n) is 4.84. The van der Waals surface area contributed by atoms with Crippen LogP contribution in [0.5, 0.6) is 0 Å². The molecule has 1 aliphatic heterocycles. The van der Waals surface area contributed by atoms with Gasteiger partial charge in [-0.3, -0.25) is 4.90 Å². The van der Waals surface area contributed by atoms with E-state index in [9.17, 15) is 0 Å². The minimum atomic E-state index is 0.291. The van der Waals surface area contributed by atoms with E-state index in [4.69, 9.17) is 4.74 Å². The van der Waals surface area contributed by atoms with Crippen LogP contribution in [0.2, 0.25) is 0 Å². The van der Waals surface area contributed by atoms with Crippen molar-refractivity contribution in [2.24, 2.45) is 0 Å². The zero-order valence-electron chi connectivity index (χ0n) is 16.1. The SMILES string of the molecule is CCCN(C)Cc1nnc(SCc2ccccc2C)n1C[C@@H]1CCCO1. The van der Waals surface area contributed by atoms with Gasteiger partial charge in [0.05, 0.1) is 19.2 Å². The van der Waals surface area contributed by atoms with Crippen molar-refractivity contribution in [2.45, 2.75) is 63.2 Å². The van der Waals surface area contributed by atoms with Crippen LogP contribution in [0, 0.1) is 6.92 Å². The molecule has 6 heteroatoms. The fourth-order valence-electron chi connectivity index (χ4n) is 3.33. The number of thioether (sulfide) groups is 1. The molecule has 0 radical (unpaired) electrons. The van der Waals surface area contributed by atoms with Crippen LogP contribution >= 0.6 is 11.8 Å². The second-order valence-electron chi connectivity index (χ2n) is 7.10. The van der Waals surface area contributed by atoms with E-state index in [0.717, 1.165) is 62.2 Å². The highest BCUT2D eigenvalue weighted by Gasteiger charge is 2.21. The van der Waals surface area contributed by atoms with Crippen LogP contribution in [0.4, 0.5) is 0 Å². The lowest BCUT2D eigenvalue weighted by molar-refractivity contribution is 0.0935. The predicted octanol–water partition coefficient (Wildman–Crippen LogP) is 3.90. The summed E-state index contributed by atoms with van der Waals surface area (Å²) in [6.07, 6.45) is 3.72. The van der Waals surface area contributed by atoms with Gasteiger partial charge in [-0.1, -0.05) is 43.0 Å². The van der Waals surface area contributed by atoms with Crippen molar-refractivity contribution in [3.05, 3.63) is 41.2 Å². The molecule has 0 saturated carbocycles. The highest BCUT2D eigenvalue weighted by Crippen LogP contribution is 2.25. The summed E-state index contributed by atoms with van der Waals surface area (Å²) in [5, 5.41) is 10.0. The van der Waals surface area contributed by atoms with Crippen LogP contribution in [0.25, 0.3) is 0 Å². The van der Waals surface area contributed by atoms with E-state index in [1.54, 1.807) is 11.8 Å². The van der Waals surface area contributed by atoms with Gasteiger partial charge in [0.1, 0.15) is 5.82 Å². The molecule has 1 saturated heterocycles. The summed E-state index contributed by atoms with van der Waals surface area (Å²) < 4.78 is 8.15. The summed E-state index contributed by atoms with van der Waals surface area (Å²) in [5.74, 6) is 1.96. The molecule has 1 aliphatic rings. The molecule has 0 N–H and O–H groups in total. The van der Waals surface area contributed by atoms with Crippen LogP contribution in [0.3, 0.4) is 0 Å². The van der Waals surface area contributed by atoms with Crippen molar-refractivity contribution in [2.75, 3.05) is 20.2 Å². The second-order valence-corrected chi connectivity index (χ2v) is 8.04. The quantitative estimate of drug-likeness (QED) is 0.623. The van der Waals surface area contributed by atoms with E-state index in [1.807, 2.05) is 0 Å². The minimum absolute atomic E-state index is 0.291. The third-order valence-corrected chi connectivity index (χ3v) is 5.85. The van der Waals surface area contributed by atoms with Crippen LogP contribution in [-0.4, -0.2) is 46.0 Å². The lowest BCUT2D eigenvalue weighted by Crippen LogP contribution is -2.24. The van der Waals surface area contributed by atoms with E-state index in [-0.39, 0.29) is 0 Å². The molecule has 0 bridgehead atoms. The van der Waals surface area contributed by atoms with Gasteiger partial charge in [-0.25, -0.2) is 0 Å². The summed E-state index contributed by atoms with van der Waals surface area (Å²) in [5.41, 5.74) is 2.68. The molecular formula is C20H30N4OS. The van der Waals surface area contributed by atoms with Crippen LogP contribution in [0.1, 0.15) is 43.1 Å². The number of rotatable bonds is 9. The monoisotopic (exact) mass is 374 g/mol. The summed E-state index contributed by atoms with van der Waals surface area (Å²) in [6, 6.07) is 8.55. The van der Waals surface area contributed by atoms with Gasteiger partial charge in [0.2, 0.25) is 0 Å². The van der Waals surface area contributed by atoms with Gasteiger partial charge in [0, 0.05) is 12.4 Å². The number of hydrogen-bond acceptors (Lipinski definition) is 5. The molecule has 0 aliphatic carbocycles. The van der Waals surface area contributed by atoms with E-state index >= 15 is 0 Å². The van der Waals surface area contributed by atoms with Crippen molar-refractivity contribution in [1.82, 2.24) is 19.7 Å². The normalized spacial score (nSPS) is 17.3. The molecule has 142 valence electrons. The van der Waals surface area contributed by atoms with Crippen LogP contribution in [-0.2, 0) is 23.6 Å². The van der Waals surface area contributed by atoms with Gasteiger partial charge >= 0.3 is 0 Å². The zero-order valence-corrected chi connectivity index (χ0v) is 17.0. The van der Waals surface area contributed by atoms with Crippen molar-refractivity contribution >= 4 is 11.8 Å². The largest absolute Gasteiger partial charge is 0.376 e. The van der Waals surface area contributed by atoms with E-state index in [0.29, 0.717) is 6.10 Å². The maximum absolute atomic E-state index is 5.87. The van der Waals surface area contributed by atoms with Gasteiger partial charge in [0.25, 0.3) is 0 Å². The maximum Gasteiger partial charge on any atom is 0.191 e. The summed E-state index contributed by atoms with van der Waals surface area (Å²) in [7, 11) is 2.15. The van der Waals surface area contributed by atoms with Crippen molar-refractivity contribution in [3.63, 3.8) is 0 Å². The molecule has 1 aromatic heterocycles. The number of nitrogens with zero attached hydrogens (tertiary/aromatic N) is 4. The highest BCUT2D eigenvalue weighted by molar-refractivity contribution is 7.98. The highest BCUT2D eigenvalue weighted by atomic mass is 32.2. The first-order valence-corrected chi connectivity index (χ1v) is 10.6. The Morgan fingerprint density at radius 2 is 2.15 bits per heavy atom. The molecule has 5 nitrogen and oxygen atoms in total. The van der Waals surface area contributed by atoms with Crippen molar-refractivity contribution < 1.29 is 4.74 Å². The third kappa shape index (κ3) is 5.09. The molecule has 26 heavy (non-hydrogen) atoms. The standard InChI is InChI=1S/C20H30N4OS/c1-4-11-23(3)14-19-21-22-20(24(19)13-18-10-7-12-25-18)26-15-17-9-6-5-8-16(17)2/h5-6,8-9,18H,4,7,10-15H2,1-3H3/t18-/m0/s1. The Bertz CT molecular complexity index is 697. The number of hydrogen-bond donors (Lipinski definition) is 0. The molecule has 1 fully saturated rings. The molecule has 0 spiro atoms. The number of aromatic nitrogens is 3. The second kappa shape index (κ2) is 9.53. The number of benzene rings is 1. The van der Waals surface area contributed by atoms with E-state index in [1.165, 1.54) is 11.1 Å². The van der Waals surface area contributed by atoms with Gasteiger partial charge in [0.15, 0.2) is 5.16 Å². The van der Waals surface area contributed by atoms with Crippen molar-refractivity contribution in [3.8, 4) is 0 Å². The maximum atomic E-state index is 5.87. The number of ether oxygens (including phenoxy) is 1. The molecular weight excluding hydrogens is 344 g/mol. The summed E-state index contributed by atoms with van der Waals surface area (Å²) in [6.45, 7) is 8.01. The van der Waals surface area contributed by atoms with Crippen LogP contribution in [0.15, 0.2) is 29.4 Å². The molecule has 0 amide bonds. The van der Waals surface area contributed by atoms with Crippen LogP contribution < -0.4 is 0 Å². The fourth-order valence-corrected chi connectivity index (χ4v) is 4.38. The summed E-state index contributed by atoms with van der Waals surface area (Å²) in [4.78, 5) is 2.31. The fraction of sp³-hybridized carbons (Fsp3) is 0.600. The van der Waals surface area contributed by atoms with E-state index in [2.05, 4.69) is 64.8 Å². The van der Waals surface area contributed by atoms with Gasteiger partial charge < -0.3 is 9.30 Å². The van der Waals surface area contributed by atoms with Gasteiger partial charge in [-0.05, 0) is 50.9 Å². The molecule has 2 heterocycles. The van der Waals surface area contributed by atoms with Gasteiger partial charge in [-0.15, -0.1) is 10.2 Å². The minimum Gasteiger partial charge on any atom is -0.376 e. The Labute approximate surface area is 161 Å². The molecule has 2 aromatic rings. The lowest BCUT2D eigenvalue weighted by Gasteiger charge is -2.18. The van der Waals surface area contributed by atoms with Crippen molar-refractivity contribution in [1.29, 1.82) is 0 Å². The Balaban J connectivity index is 1.74. The molecule has 3 rings (SSSR count). The Kier molecular flexibility index (Phi) is 7.11. The topological polar surface area (TPSA) is 43.2 Å². The zero-order chi connectivity index (χ0) is 18.4. The average Bonchev–Trinajstić information content (AvgIpc) is 3.26. The lowest BCUT2D eigenvalue weighted by atomic mass is 10.1. The average molecular weight is 375 g/mol. The Hall–Kier alpha value is -1.37. The predicted molar refractivity (Wildman–Crippen MR) is 106 cm³/mol. The Morgan fingerprint density at radius 3 is 2.88 bits per heavy atom. The molecule has 1 atom stereocenters. The van der Waals surface area contributed by atoms with Gasteiger partial charge in [-0.2, -0.15) is 0 Å². The smallest absolute Gasteiger partial charge is 0.191 e. The molecule has 1 aromatic carbocycles. The first kappa shape index (κ1) is 19.4. The summed E-state index contributed by atoms with van der Waals surface area (Å²) >= 11 is 1.77. The number of aryl methyl sites for hydroxylation is 1.